The van der Waals surface area contributed by atoms with Crippen LogP contribution in [0, 0.1) is 0 Å². The predicted molar refractivity (Wildman–Crippen MR) is 97.5 cm³/mol. The summed E-state index contributed by atoms with van der Waals surface area (Å²) in [4.78, 5) is 0. The molecule has 0 spiro atoms. The second kappa shape index (κ2) is 6.28. The zero-order valence-corrected chi connectivity index (χ0v) is 12.5. The van der Waals surface area contributed by atoms with Crippen LogP contribution in [0.3, 0.4) is 0 Å². The molecule has 0 aliphatic heterocycles. The van der Waals surface area contributed by atoms with Crippen LogP contribution in [0.5, 0.6) is 0 Å². The van der Waals surface area contributed by atoms with Crippen LogP contribution in [0.15, 0.2) is 86.0 Å². The summed E-state index contributed by atoms with van der Waals surface area (Å²) in [6, 6.07) is 25.2. The molecule has 3 aromatic carbocycles. The molecule has 0 bridgehead atoms. The average Bonchev–Trinajstić information content (AvgIpc) is 2.62. The van der Waals surface area contributed by atoms with Gasteiger partial charge in [0, 0.05) is 0 Å². The van der Waals surface area contributed by atoms with Crippen LogP contribution in [0.4, 0.5) is 0 Å². The highest BCUT2D eigenvalue weighted by Gasteiger charge is 2.09. The van der Waals surface area contributed by atoms with Gasteiger partial charge >= 0.3 is 0 Å². The van der Waals surface area contributed by atoms with Crippen molar-refractivity contribution in [3.05, 3.63) is 97.1 Å². The van der Waals surface area contributed by atoms with Crippen molar-refractivity contribution in [3.8, 4) is 22.3 Å². The standard InChI is InChI=1S/C22H18/c1-3-17-15-22(20-13-9-6-10-14-20)18(4-2)16-21(17)19-11-7-5-8-12-19/h3-16H,1-2H2. The van der Waals surface area contributed by atoms with Gasteiger partial charge in [-0.05, 0) is 45.5 Å². The van der Waals surface area contributed by atoms with Crippen molar-refractivity contribution < 1.29 is 0 Å². The van der Waals surface area contributed by atoms with Crippen molar-refractivity contribution >= 4 is 12.2 Å². The maximum atomic E-state index is 3.98. The summed E-state index contributed by atoms with van der Waals surface area (Å²) >= 11 is 0. The minimum absolute atomic E-state index is 1.13. The molecule has 0 N–H and O–H groups in total. The molecule has 0 saturated heterocycles. The molecule has 0 unspecified atom stereocenters. The second-order valence-corrected chi connectivity index (χ2v) is 5.17. The molecule has 0 atom stereocenters. The fraction of sp³-hybridized carbons (Fsp3) is 0. The van der Waals surface area contributed by atoms with E-state index in [4.69, 9.17) is 0 Å². The summed E-state index contributed by atoms with van der Waals surface area (Å²) in [5.41, 5.74) is 7.03. The number of rotatable bonds is 4. The maximum Gasteiger partial charge on any atom is -0.0105 e. The predicted octanol–water partition coefficient (Wildman–Crippen LogP) is 6.31. The molecule has 0 heteroatoms. The number of hydrogen-bond donors (Lipinski definition) is 0. The van der Waals surface area contributed by atoms with Crippen molar-refractivity contribution in [1.29, 1.82) is 0 Å². The Bertz CT molecular complexity index is 725. The van der Waals surface area contributed by atoms with Crippen LogP contribution in [-0.4, -0.2) is 0 Å². The van der Waals surface area contributed by atoms with Crippen molar-refractivity contribution in [3.63, 3.8) is 0 Å². The normalized spacial score (nSPS) is 10.2. The summed E-state index contributed by atoms with van der Waals surface area (Å²) in [7, 11) is 0. The molecule has 0 saturated carbocycles. The molecule has 0 aromatic heterocycles. The quantitative estimate of drug-likeness (QED) is 0.526. The van der Waals surface area contributed by atoms with Gasteiger partial charge in [0.1, 0.15) is 0 Å². The van der Waals surface area contributed by atoms with E-state index in [0.717, 1.165) is 11.1 Å². The molecule has 106 valence electrons. The first kappa shape index (κ1) is 14.1. The average molecular weight is 282 g/mol. The smallest absolute Gasteiger partial charge is 0.0105 e. The molecule has 0 fully saturated rings. The minimum atomic E-state index is 1.13. The second-order valence-electron chi connectivity index (χ2n) is 5.17. The Balaban J connectivity index is 2.24. The van der Waals surface area contributed by atoms with Gasteiger partial charge in [-0.25, -0.2) is 0 Å². The van der Waals surface area contributed by atoms with Gasteiger partial charge in [-0.15, -0.1) is 0 Å². The number of hydrogen-bond acceptors (Lipinski definition) is 0. The van der Waals surface area contributed by atoms with Crippen molar-refractivity contribution in [2.45, 2.75) is 0 Å². The third kappa shape index (κ3) is 2.64. The fourth-order valence-electron chi connectivity index (χ4n) is 2.71. The molecule has 0 aliphatic rings. The lowest BCUT2D eigenvalue weighted by Crippen LogP contribution is -1.90. The van der Waals surface area contributed by atoms with Crippen LogP contribution >= 0.6 is 0 Å². The van der Waals surface area contributed by atoms with Crippen LogP contribution in [0.25, 0.3) is 34.4 Å². The molecule has 0 aliphatic carbocycles. The zero-order valence-electron chi connectivity index (χ0n) is 12.5. The zero-order chi connectivity index (χ0) is 15.4. The Kier molecular flexibility index (Phi) is 4.02. The van der Waals surface area contributed by atoms with E-state index in [-0.39, 0.29) is 0 Å². The van der Waals surface area contributed by atoms with Gasteiger partial charge in [0.2, 0.25) is 0 Å². The molecule has 3 rings (SSSR count). The summed E-state index contributed by atoms with van der Waals surface area (Å²) < 4.78 is 0. The van der Waals surface area contributed by atoms with Crippen LogP contribution in [0.2, 0.25) is 0 Å². The molecular formula is C22H18. The Labute approximate surface area is 132 Å². The Morgan fingerprint density at radius 2 is 0.909 bits per heavy atom. The van der Waals surface area contributed by atoms with Gasteiger partial charge in [0.05, 0.1) is 0 Å². The van der Waals surface area contributed by atoms with E-state index in [1.54, 1.807) is 0 Å². The van der Waals surface area contributed by atoms with Gasteiger partial charge < -0.3 is 0 Å². The molecule has 0 radical (unpaired) electrons. The maximum absolute atomic E-state index is 3.98. The van der Waals surface area contributed by atoms with Crippen molar-refractivity contribution in [2.75, 3.05) is 0 Å². The van der Waals surface area contributed by atoms with E-state index < -0.39 is 0 Å². The molecular weight excluding hydrogens is 264 g/mol. The highest BCUT2D eigenvalue weighted by Crippen LogP contribution is 2.33. The van der Waals surface area contributed by atoms with Crippen LogP contribution in [-0.2, 0) is 0 Å². The molecule has 0 heterocycles. The lowest BCUT2D eigenvalue weighted by atomic mass is 9.91. The Morgan fingerprint density at radius 3 is 1.23 bits per heavy atom. The van der Waals surface area contributed by atoms with E-state index in [1.807, 2.05) is 24.3 Å². The fourth-order valence-corrected chi connectivity index (χ4v) is 2.71. The molecule has 0 amide bonds. The van der Waals surface area contributed by atoms with Crippen LogP contribution < -0.4 is 0 Å². The van der Waals surface area contributed by atoms with Gasteiger partial charge in [0.25, 0.3) is 0 Å². The topological polar surface area (TPSA) is 0 Å². The summed E-state index contributed by atoms with van der Waals surface area (Å²) in [6.07, 6.45) is 3.84. The highest BCUT2D eigenvalue weighted by atomic mass is 14.1. The monoisotopic (exact) mass is 282 g/mol. The van der Waals surface area contributed by atoms with Gasteiger partial charge in [-0.2, -0.15) is 0 Å². The summed E-state index contributed by atoms with van der Waals surface area (Å²) in [6.45, 7) is 7.96. The Hall–Kier alpha value is -2.86. The van der Waals surface area contributed by atoms with E-state index in [9.17, 15) is 0 Å². The number of benzene rings is 3. The van der Waals surface area contributed by atoms with Gasteiger partial charge in [0.15, 0.2) is 0 Å². The molecule has 22 heavy (non-hydrogen) atoms. The lowest BCUT2D eigenvalue weighted by Gasteiger charge is -2.13. The van der Waals surface area contributed by atoms with Gasteiger partial charge in [-0.1, -0.05) is 86.0 Å². The van der Waals surface area contributed by atoms with Crippen LogP contribution in [0.1, 0.15) is 11.1 Å². The molecule has 3 aromatic rings. The third-order valence-corrected chi connectivity index (χ3v) is 3.83. The van der Waals surface area contributed by atoms with Gasteiger partial charge in [-0.3, -0.25) is 0 Å². The van der Waals surface area contributed by atoms with Crippen molar-refractivity contribution in [2.24, 2.45) is 0 Å². The highest BCUT2D eigenvalue weighted by molar-refractivity contribution is 5.85. The summed E-state index contributed by atoms with van der Waals surface area (Å²) in [5, 5.41) is 0. The Morgan fingerprint density at radius 1 is 0.545 bits per heavy atom. The first-order chi connectivity index (χ1) is 10.8. The van der Waals surface area contributed by atoms with Crippen molar-refractivity contribution in [1.82, 2.24) is 0 Å². The van der Waals surface area contributed by atoms with E-state index in [1.165, 1.54) is 22.3 Å². The van der Waals surface area contributed by atoms with E-state index in [2.05, 4.69) is 73.8 Å². The minimum Gasteiger partial charge on any atom is -0.0984 e. The molecule has 0 nitrogen and oxygen atoms in total. The summed E-state index contributed by atoms with van der Waals surface area (Å²) in [5.74, 6) is 0. The van der Waals surface area contributed by atoms with E-state index in [0.29, 0.717) is 0 Å². The third-order valence-electron chi connectivity index (χ3n) is 3.83. The van der Waals surface area contributed by atoms with E-state index >= 15 is 0 Å². The first-order valence-electron chi connectivity index (χ1n) is 7.37. The SMILES string of the molecule is C=Cc1cc(-c2ccccc2)c(C=C)cc1-c1ccccc1. The first-order valence-corrected chi connectivity index (χ1v) is 7.37. The lowest BCUT2D eigenvalue weighted by molar-refractivity contribution is 1.55. The largest absolute Gasteiger partial charge is 0.0984 e.